The maximum absolute atomic E-state index is 12.2. The van der Waals surface area contributed by atoms with Gasteiger partial charge in [-0.2, -0.15) is 5.10 Å². The van der Waals surface area contributed by atoms with Gasteiger partial charge in [0.1, 0.15) is 11.6 Å². The van der Waals surface area contributed by atoms with Gasteiger partial charge in [-0.05, 0) is 0 Å². The molecule has 0 saturated carbocycles. The third-order valence-electron chi connectivity index (χ3n) is 3.72. The Hall–Kier alpha value is -1.93. The van der Waals surface area contributed by atoms with Gasteiger partial charge in [0.25, 0.3) is 0 Å². The lowest BCUT2D eigenvalue weighted by atomic mass is 10.1. The number of piperazine rings is 1. The van der Waals surface area contributed by atoms with Gasteiger partial charge in [-0.15, -0.1) is 0 Å². The number of carboxylic acids is 1. The van der Waals surface area contributed by atoms with Crippen LogP contribution in [-0.2, 0) is 18.4 Å². The summed E-state index contributed by atoms with van der Waals surface area (Å²) in [4.78, 5) is 27.1. The number of nitrogens with one attached hydrogen (secondary N) is 1. The lowest BCUT2D eigenvalue weighted by Gasteiger charge is -2.36. The molecule has 1 saturated heterocycles. The smallest absolute Gasteiger partial charge is 0.339 e. The van der Waals surface area contributed by atoms with Crippen LogP contribution in [0.2, 0.25) is 0 Å². The van der Waals surface area contributed by atoms with Crippen LogP contribution in [0.25, 0.3) is 0 Å². The summed E-state index contributed by atoms with van der Waals surface area (Å²) in [6.07, 6.45) is 1.35. The number of aromatic nitrogens is 2. The summed E-state index contributed by atoms with van der Waals surface area (Å²) in [5.41, 5.74) is 0.799. The van der Waals surface area contributed by atoms with Crippen LogP contribution in [0.3, 0.4) is 0 Å². The number of nitrogens with zero attached hydrogens (tertiary/aromatic N) is 4. The Morgan fingerprint density at radius 1 is 1.52 bits per heavy atom. The number of rotatable bonds is 4. The molecule has 1 amide bonds. The summed E-state index contributed by atoms with van der Waals surface area (Å²) >= 11 is 0. The highest BCUT2D eigenvalue weighted by molar-refractivity contribution is 5.88. The highest BCUT2D eigenvalue weighted by atomic mass is 16.4. The molecule has 1 aliphatic heterocycles. The highest BCUT2D eigenvalue weighted by Crippen LogP contribution is 2.15. The fraction of sp³-hybridized carbons (Fsp3) is 0.615. The average Bonchev–Trinajstić information content (AvgIpc) is 2.80. The molecule has 0 aromatic carbocycles. The molecular weight excluding hydrogens is 274 g/mol. The van der Waals surface area contributed by atoms with Crippen LogP contribution >= 0.6 is 0 Å². The second-order valence-corrected chi connectivity index (χ2v) is 5.36. The van der Waals surface area contributed by atoms with E-state index in [1.165, 1.54) is 6.20 Å². The van der Waals surface area contributed by atoms with E-state index < -0.39 is 5.97 Å². The quantitative estimate of drug-likeness (QED) is 0.739. The van der Waals surface area contributed by atoms with E-state index in [1.54, 1.807) is 30.7 Å². The molecule has 8 nitrogen and oxygen atoms in total. The first kappa shape index (κ1) is 15.5. The standard InChI is InChI=1S/C13H21N5O3/c1-16(2)12(19)10-7-14-4-5-18(10)8-11-9(13(20)21)6-15-17(11)3/h6,10,14H,4-5,7-8H2,1-3H3,(H,20,21). The molecule has 1 unspecified atom stereocenters. The third kappa shape index (κ3) is 3.22. The fourth-order valence-corrected chi connectivity index (χ4v) is 2.50. The van der Waals surface area contributed by atoms with Crippen LogP contribution in [0.1, 0.15) is 16.1 Å². The van der Waals surface area contributed by atoms with E-state index in [-0.39, 0.29) is 17.5 Å². The molecule has 2 N–H and O–H groups in total. The topological polar surface area (TPSA) is 90.7 Å². The Kier molecular flexibility index (Phi) is 4.59. The zero-order chi connectivity index (χ0) is 15.6. The summed E-state index contributed by atoms with van der Waals surface area (Å²) < 4.78 is 1.56. The third-order valence-corrected chi connectivity index (χ3v) is 3.72. The molecule has 21 heavy (non-hydrogen) atoms. The van der Waals surface area contributed by atoms with Crippen molar-refractivity contribution in [3.63, 3.8) is 0 Å². The van der Waals surface area contributed by atoms with Gasteiger partial charge in [0.05, 0.1) is 11.9 Å². The van der Waals surface area contributed by atoms with Crippen molar-refractivity contribution in [2.45, 2.75) is 12.6 Å². The Morgan fingerprint density at radius 3 is 2.86 bits per heavy atom. The molecule has 116 valence electrons. The van der Waals surface area contributed by atoms with Crippen LogP contribution in [-0.4, -0.2) is 76.3 Å². The molecule has 0 bridgehead atoms. The minimum Gasteiger partial charge on any atom is -0.478 e. The van der Waals surface area contributed by atoms with Gasteiger partial charge in [0.2, 0.25) is 5.91 Å². The molecule has 2 heterocycles. The number of amides is 1. The van der Waals surface area contributed by atoms with Gasteiger partial charge in [-0.25, -0.2) is 4.79 Å². The maximum atomic E-state index is 12.2. The van der Waals surface area contributed by atoms with E-state index in [0.717, 1.165) is 6.54 Å². The van der Waals surface area contributed by atoms with E-state index in [1.807, 2.05) is 4.90 Å². The zero-order valence-corrected chi connectivity index (χ0v) is 12.5. The fourth-order valence-electron chi connectivity index (χ4n) is 2.50. The van der Waals surface area contributed by atoms with Crippen LogP contribution in [0.4, 0.5) is 0 Å². The summed E-state index contributed by atoms with van der Waals surface area (Å²) in [6.45, 7) is 2.42. The molecule has 0 spiro atoms. The van der Waals surface area contributed by atoms with Crippen LogP contribution in [0.5, 0.6) is 0 Å². The second kappa shape index (κ2) is 6.23. The number of hydrogen-bond donors (Lipinski definition) is 2. The normalized spacial score (nSPS) is 19.5. The Balaban J connectivity index is 2.22. The molecular formula is C13H21N5O3. The van der Waals surface area contributed by atoms with Gasteiger partial charge in [0, 0.05) is 47.3 Å². The van der Waals surface area contributed by atoms with Crippen molar-refractivity contribution in [1.82, 2.24) is 24.9 Å². The monoisotopic (exact) mass is 295 g/mol. The van der Waals surface area contributed by atoms with Gasteiger partial charge < -0.3 is 15.3 Å². The Labute approximate surface area is 123 Å². The lowest BCUT2D eigenvalue weighted by molar-refractivity contribution is -0.135. The summed E-state index contributed by atoms with van der Waals surface area (Å²) in [7, 11) is 5.16. The zero-order valence-electron chi connectivity index (χ0n) is 12.5. The van der Waals surface area contributed by atoms with Crippen molar-refractivity contribution in [3.8, 4) is 0 Å². The molecule has 8 heteroatoms. The van der Waals surface area contributed by atoms with Crippen molar-refractivity contribution in [3.05, 3.63) is 17.5 Å². The van der Waals surface area contributed by atoms with E-state index in [2.05, 4.69) is 10.4 Å². The molecule has 1 fully saturated rings. The molecule has 2 rings (SSSR count). The number of hydrogen-bond acceptors (Lipinski definition) is 5. The summed E-state index contributed by atoms with van der Waals surface area (Å²) in [5, 5.41) is 16.4. The number of carbonyl (C=O) groups excluding carboxylic acids is 1. The lowest BCUT2D eigenvalue weighted by Crippen LogP contribution is -2.57. The Morgan fingerprint density at radius 2 is 2.24 bits per heavy atom. The highest BCUT2D eigenvalue weighted by Gasteiger charge is 2.31. The predicted octanol–water partition coefficient (Wildman–Crippen LogP) is -1.02. The minimum atomic E-state index is -0.997. The van der Waals surface area contributed by atoms with E-state index >= 15 is 0 Å². The maximum Gasteiger partial charge on any atom is 0.339 e. The minimum absolute atomic E-state index is 0.0150. The first-order valence-electron chi connectivity index (χ1n) is 6.82. The van der Waals surface area contributed by atoms with E-state index in [0.29, 0.717) is 25.3 Å². The molecule has 1 aliphatic rings. The molecule has 1 aromatic heterocycles. The number of carbonyl (C=O) groups is 2. The van der Waals surface area contributed by atoms with Gasteiger partial charge >= 0.3 is 5.97 Å². The summed E-state index contributed by atoms with van der Waals surface area (Å²) in [5.74, 6) is -0.982. The first-order chi connectivity index (χ1) is 9.91. The molecule has 1 aromatic rings. The van der Waals surface area contributed by atoms with Crippen LogP contribution in [0.15, 0.2) is 6.20 Å². The molecule has 0 radical (unpaired) electrons. The first-order valence-corrected chi connectivity index (χ1v) is 6.82. The second-order valence-electron chi connectivity index (χ2n) is 5.36. The van der Waals surface area contributed by atoms with E-state index in [9.17, 15) is 14.7 Å². The predicted molar refractivity (Wildman–Crippen MR) is 75.9 cm³/mol. The number of aromatic carboxylic acids is 1. The van der Waals surface area contributed by atoms with Crippen molar-refractivity contribution in [2.75, 3.05) is 33.7 Å². The van der Waals surface area contributed by atoms with Crippen molar-refractivity contribution in [1.29, 1.82) is 0 Å². The number of likely N-dealkylation sites (N-methyl/N-ethyl adjacent to an activating group) is 1. The van der Waals surface area contributed by atoms with E-state index in [4.69, 9.17) is 0 Å². The van der Waals surface area contributed by atoms with Crippen molar-refractivity contribution in [2.24, 2.45) is 7.05 Å². The van der Waals surface area contributed by atoms with Gasteiger partial charge in [-0.3, -0.25) is 14.4 Å². The SMILES string of the molecule is CN(C)C(=O)C1CNCCN1Cc1c(C(=O)O)cnn1C. The van der Waals surface area contributed by atoms with Crippen LogP contribution in [0, 0.1) is 0 Å². The largest absolute Gasteiger partial charge is 0.478 e. The molecule has 1 atom stereocenters. The Bertz CT molecular complexity index is 540. The number of aryl methyl sites for hydroxylation is 1. The van der Waals surface area contributed by atoms with Crippen molar-refractivity contribution < 1.29 is 14.7 Å². The number of carboxylic acid groups (broad SMARTS) is 1. The summed E-state index contributed by atoms with van der Waals surface area (Å²) in [6, 6.07) is -0.287. The van der Waals surface area contributed by atoms with Gasteiger partial charge in [0.15, 0.2) is 0 Å². The van der Waals surface area contributed by atoms with Crippen molar-refractivity contribution >= 4 is 11.9 Å². The average molecular weight is 295 g/mol. The molecule has 0 aliphatic carbocycles. The van der Waals surface area contributed by atoms with Gasteiger partial charge in [-0.1, -0.05) is 0 Å². The van der Waals surface area contributed by atoms with Crippen LogP contribution < -0.4 is 5.32 Å².